The van der Waals surface area contributed by atoms with Gasteiger partial charge in [0, 0.05) is 17.8 Å². The Labute approximate surface area is 113 Å². The van der Waals surface area contributed by atoms with Crippen LogP contribution >= 0.6 is 0 Å². The van der Waals surface area contributed by atoms with Crippen molar-refractivity contribution in [3.8, 4) is 11.4 Å². The van der Waals surface area contributed by atoms with E-state index in [2.05, 4.69) is 36.3 Å². The number of hydrogen-bond donors (Lipinski definition) is 1. The maximum absolute atomic E-state index is 5.95. The van der Waals surface area contributed by atoms with Gasteiger partial charge in [-0.05, 0) is 40.8 Å². The van der Waals surface area contributed by atoms with Gasteiger partial charge in [0.15, 0.2) is 5.82 Å². The maximum Gasteiger partial charge on any atom is 0.182 e. The average Bonchev–Trinajstić information content (AvgIpc) is 2.80. The molecule has 102 valence electrons. The van der Waals surface area contributed by atoms with Gasteiger partial charge in [-0.15, -0.1) is 5.10 Å². The smallest absolute Gasteiger partial charge is 0.182 e. The van der Waals surface area contributed by atoms with Crippen LogP contribution < -0.4 is 5.73 Å². The lowest BCUT2D eigenvalue weighted by Gasteiger charge is -2.16. The molecular formula is C14H21N5. The molecule has 0 aliphatic carbocycles. The molecule has 1 aromatic heterocycles. The molecule has 0 aliphatic rings. The molecule has 2 aromatic rings. The largest absolute Gasteiger partial charge is 0.398 e. The zero-order valence-corrected chi connectivity index (χ0v) is 12.0. The molecule has 2 N–H and O–H groups in total. The summed E-state index contributed by atoms with van der Waals surface area (Å²) in [6.45, 7) is 9.44. The fraction of sp³-hybridized carbons (Fsp3) is 0.500. The summed E-state index contributed by atoms with van der Waals surface area (Å²) in [7, 11) is 0. The minimum atomic E-state index is 0.517. The number of nitrogens with zero attached hydrogens (tertiary/aromatic N) is 4. The molecule has 5 heteroatoms. The van der Waals surface area contributed by atoms with E-state index in [0.29, 0.717) is 11.8 Å². The number of rotatable bonds is 4. The Morgan fingerprint density at radius 3 is 2.68 bits per heavy atom. The number of anilines is 1. The highest BCUT2D eigenvalue weighted by Gasteiger charge is 2.16. The first-order chi connectivity index (χ1) is 9.00. The molecule has 0 amide bonds. The number of benzene rings is 1. The fourth-order valence-electron chi connectivity index (χ4n) is 1.90. The summed E-state index contributed by atoms with van der Waals surface area (Å²) in [5.41, 5.74) is 8.74. The van der Waals surface area contributed by atoms with Crippen LogP contribution in [-0.2, 0) is 6.54 Å². The number of aromatic nitrogens is 4. The van der Waals surface area contributed by atoms with E-state index >= 15 is 0 Å². The molecule has 0 aliphatic heterocycles. The summed E-state index contributed by atoms with van der Waals surface area (Å²) in [5.74, 6) is 1.90. The normalized spacial score (nSPS) is 12.9. The van der Waals surface area contributed by atoms with Crippen molar-refractivity contribution in [1.82, 2.24) is 20.2 Å². The number of nitrogens with two attached hydrogens (primary N) is 1. The Hall–Kier alpha value is -1.91. The van der Waals surface area contributed by atoms with E-state index in [9.17, 15) is 0 Å². The third kappa shape index (κ3) is 2.75. The molecule has 0 saturated heterocycles. The summed E-state index contributed by atoms with van der Waals surface area (Å²) in [5, 5.41) is 12.1. The van der Waals surface area contributed by atoms with Crippen molar-refractivity contribution < 1.29 is 0 Å². The van der Waals surface area contributed by atoms with E-state index in [0.717, 1.165) is 29.2 Å². The number of hydrogen-bond acceptors (Lipinski definition) is 4. The van der Waals surface area contributed by atoms with E-state index in [1.165, 1.54) is 0 Å². The molecular weight excluding hydrogens is 238 g/mol. The molecule has 0 radical (unpaired) electrons. The average molecular weight is 259 g/mol. The zero-order valence-electron chi connectivity index (χ0n) is 12.0. The Morgan fingerprint density at radius 1 is 1.26 bits per heavy atom. The topological polar surface area (TPSA) is 69.6 Å². The zero-order chi connectivity index (χ0) is 14.0. The minimum Gasteiger partial charge on any atom is -0.398 e. The lowest BCUT2D eigenvalue weighted by atomic mass is 9.98. The van der Waals surface area contributed by atoms with Crippen LogP contribution in [0.15, 0.2) is 18.2 Å². The Kier molecular flexibility index (Phi) is 3.83. The highest BCUT2D eigenvalue weighted by Crippen LogP contribution is 2.25. The monoisotopic (exact) mass is 259 g/mol. The van der Waals surface area contributed by atoms with Crippen LogP contribution in [0.25, 0.3) is 11.4 Å². The maximum atomic E-state index is 5.95. The van der Waals surface area contributed by atoms with Crippen LogP contribution in [0.3, 0.4) is 0 Å². The molecule has 0 fully saturated rings. The predicted octanol–water partition coefficient (Wildman–Crippen LogP) is 2.52. The lowest BCUT2D eigenvalue weighted by Crippen LogP contribution is -2.15. The molecule has 2 rings (SSSR count). The van der Waals surface area contributed by atoms with E-state index in [4.69, 9.17) is 5.73 Å². The van der Waals surface area contributed by atoms with Crippen molar-refractivity contribution in [2.24, 2.45) is 11.8 Å². The van der Waals surface area contributed by atoms with Crippen LogP contribution in [0, 0.1) is 18.8 Å². The highest BCUT2D eigenvalue weighted by molar-refractivity contribution is 5.67. The highest BCUT2D eigenvalue weighted by atomic mass is 15.5. The van der Waals surface area contributed by atoms with E-state index in [-0.39, 0.29) is 0 Å². The molecule has 1 heterocycles. The van der Waals surface area contributed by atoms with E-state index in [1.807, 2.05) is 29.8 Å². The van der Waals surface area contributed by atoms with Gasteiger partial charge in [-0.3, -0.25) is 0 Å². The van der Waals surface area contributed by atoms with Gasteiger partial charge in [0.05, 0.1) is 0 Å². The van der Waals surface area contributed by atoms with Crippen molar-refractivity contribution in [1.29, 1.82) is 0 Å². The van der Waals surface area contributed by atoms with Crippen LogP contribution in [0.1, 0.15) is 26.3 Å². The molecule has 1 unspecified atom stereocenters. The summed E-state index contributed by atoms with van der Waals surface area (Å²) in [4.78, 5) is 0. The van der Waals surface area contributed by atoms with Crippen molar-refractivity contribution in [3.63, 3.8) is 0 Å². The summed E-state index contributed by atoms with van der Waals surface area (Å²) < 4.78 is 1.87. The standard InChI is InChI=1S/C14H21N5/c1-9(2)10(3)8-19-14(16-17-18-19)12-6-5-7-13(15)11(12)4/h5-7,9-10H,8,15H2,1-4H3. The van der Waals surface area contributed by atoms with Gasteiger partial charge in [-0.25, -0.2) is 4.68 Å². The Balaban J connectivity index is 2.36. The van der Waals surface area contributed by atoms with Crippen molar-refractivity contribution >= 4 is 5.69 Å². The van der Waals surface area contributed by atoms with Gasteiger partial charge in [0.1, 0.15) is 0 Å². The van der Waals surface area contributed by atoms with Gasteiger partial charge in [0.25, 0.3) is 0 Å². The van der Waals surface area contributed by atoms with Crippen LogP contribution in [0.4, 0.5) is 5.69 Å². The minimum absolute atomic E-state index is 0.517. The van der Waals surface area contributed by atoms with Crippen LogP contribution in [0.5, 0.6) is 0 Å². The SMILES string of the molecule is Cc1c(N)cccc1-c1nnnn1CC(C)C(C)C. The molecule has 0 saturated carbocycles. The first kappa shape index (κ1) is 13.5. The number of nitrogen functional groups attached to an aromatic ring is 1. The summed E-state index contributed by atoms with van der Waals surface area (Å²) >= 11 is 0. The molecule has 0 bridgehead atoms. The quantitative estimate of drug-likeness (QED) is 0.856. The molecule has 0 spiro atoms. The second-order valence-corrected chi connectivity index (χ2v) is 5.43. The van der Waals surface area contributed by atoms with Gasteiger partial charge >= 0.3 is 0 Å². The van der Waals surface area contributed by atoms with Crippen molar-refractivity contribution in [2.45, 2.75) is 34.2 Å². The fourth-order valence-corrected chi connectivity index (χ4v) is 1.90. The van der Waals surface area contributed by atoms with Gasteiger partial charge in [-0.2, -0.15) is 0 Å². The van der Waals surface area contributed by atoms with E-state index < -0.39 is 0 Å². The first-order valence-corrected chi connectivity index (χ1v) is 6.62. The van der Waals surface area contributed by atoms with E-state index in [1.54, 1.807) is 0 Å². The van der Waals surface area contributed by atoms with Gasteiger partial charge in [-0.1, -0.05) is 32.9 Å². The third-order valence-corrected chi connectivity index (χ3v) is 3.75. The third-order valence-electron chi connectivity index (χ3n) is 3.75. The second kappa shape index (κ2) is 5.38. The first-order valence-electron chi connectivity index (χ1n) is 6.62. The molecule has 1 atom stereocenters. The van der Waals surface area contributed by atoms with Crippen molar-refractivity contribution in [3.05, 3.63) is 23.8 Å². The van der Waals surface area contributed by atoms with Crippen molar-refractivity contribution in [2.75, 3.05) is 5.73 Å². The second-order valence-electron chi connectivity index (χ2n) is 5.43. The molecule has 5 nitrogen and oxygen atoms in total. The Bertz CT molecular complexity index is 559. The van der Waals surface area contributed by atoms with Crippen LogP contribution in [-0.4, -0.2) is 20.2 Å². The van der Waals surface area contributed by atoms with Gasteiger partial charge < -0.3 is 5.73 Å². The number of tetrazole rings is 1. The Morgan fingerprint density at radius 2 is 2.00 bits per heavy atom. The summed E-state index contributed by atoms with van der Waals surface area (Å²) in [6.07, 6.45) is 0. The molecule has 1 aromatic carbocycles. The molecule has 19 heavy (non-hydrogen) atoms. The lowest BCUT2D eigenvalue weighted by molar-refractivity contribution is 0.347. The van der Waals surface area contributed by atoms with Gasteiger partial charge in [0.2, 0.25) is 0 Å². The summed E-state index contributed by atoms with van der Waals surface area (Å²) in [6, 6.07) is 5.83. The predicted molar refractivity (Wildman–Crippen MR) is 76.4 cm³/mol. The van der Waals surface area contributed by atoms with Crippen LogP contribution in [0.2, 0.25) is 0 Å².